The molecule has 1 unspecified atom stereocenters. The first kappa shape index (κ1) is 13.3. The number of aromatic nitrogens is 1. The Bertz CT molecular complexity index is 401. The Morgan fingerprint density at radius 3 is 2.83 bits per heavy atom. The van der Waals surface area contributed by atoms with Gasteiger partial charge in [-0.3, -0.25) is 4.90 Å². The van der Waals surface area contributed by atoms with E-state index in [1.165, 1.54) is 43.5 Å². The summed E-state index contributed by atoms with van der Waals surface area (Å²) in [6.07, 6.45) is 5.92. The monoisotopic (exact) mass is 247 g/mol. The Balaban J connectivity index is 2.22. The fraction of sp³-hybridized carbons (Fsp3) is 0.667. The van der Waals surface area contributed by atoms with Crippen LogP contribution in [0, 0.1) is 6.92 Å². The number of anilines is 1. The molecule has 0 saturated carbocycles. The summed E-state index contributed by atoms with van der Waals surface area (Å²) in [7, 11) is 4.08. The van der Waals surface area contributed by atoms with Crippen LogP contribution >= 0.6 is 0 Å². The number of hydrogen-bond donors (Lipinski definition) is 0. The summed E-state index contributed by atoms with van der Waals surface area (Å²) in [6.45, 7) is 6.93. The van der Waals surface area contributed by atoms with Gasteiger partial charge in [0.25, 0.3) is 0 Å². The van der Waals surface area contributed by atoms with Gasteiger partial charge in [-0.15, -0.1) is 0 Å². The van der Waals surface area contributed by atoms with Crippen molar-refractivity contribution in [3.05, 3.63) is 23.4 Å². The van der Waals surface area contributed by atoms with Gasteiger partial charge >= 0.3 is 0 Å². The van der Waals surface area contributed by atoms with Crippen LogP contribution in [0.25, 0.3) is 0 Å². The molecule has 0 aliphatic carbocycles. The van der Waals surface area contributed by atoms with Crippen LogP contribution in [0.5, 0.6) is 0 Å². The highest BCUT2D eigenvalue weighted by molar-refractivity contribution is 5.43. The first-order valence-corrected chi connectivity index (χ1v) is 7.01. The molecule has 0 aromatic carbocycles. The van der Waals surface area contributed by atoms with Crippen molar-refractivity contribution in [1.29, 1.82) is 0 Å². The Morgan fingerprint density at radius 2 is 2.22 bits per heavy atom. The molecule has 1 aliphatic rings. The molecule has 0 radical (unpaired) electrons. The fourth-order valence-corrected chi connectivity index (χ4v) is 2.88. The lowest BCUT2D eigenvalue weighted by molar-refractivity contribution is 0.257. The number of hydrogen-bond acceptors (Lipinski definition) is 3. The topological polar surface area (TPSA) is 19.4 Å². The average Bonchev–Trinajstić information content (AvgIpc) is 2.77. The van der Waals surface area contributed by atoms with Crippen LogP contribution in [0.4, 0.5) is 5.82 Å². The van der Waals surface area contributed by atoms with Gasteiger partial charge in [-0.1, -0.05) is 6.92 Å². The molecule has 1 aromatic rings. The maximum Gasteiger partial charge on any atom is 0.128 e. The summed E-state index contributed by atoms with van der Waals surface area (Å²) in [4.78, 5) is 9.25. The molecular weight excluding hydrogens is 222 g/mol. The lowest BCUT2D eigenvalue weighted by Gasteiger charge is -2.26. The Kier molecular flexibility index (Phi) is 4.23. The van der Waals surface area contributed by atoms with Gasteiger partial charge in [0, 0.05) is 26.3 Å². The zero-order valence-corrected chi connectivity index (χ0v) is 12.1. The minimum absolute atomic E-state index is 0.591. The number of likely N-dealkylation sites (tertiary alicyclic amines) is 1. The molecule has 0 spiro atoms. The summed E-state index contributed by atoms with van der Waals surface area (Å²) in [6, 6.07) is 2.80. The molecule has 1 aliphatic heterocycles. The predicted octanol–water partition coefficient (Wildman–Crippen LogP) is 3.00. The highest BCUT2D eigenvalue weighted by Gasteiger charge is 2.26. The van der Waals surface area contributed by atoms with Crippen molar-refractivity contribution in [2.75, 3.05) is 32.1 Å². The van der Waals surface area contributed by atoms with Crippen molar-refractivity contribution in [1.82, 2.24) is 9.88 Å². The molecule has 18 heavy (non-hydrogen) atoms. The molecule has 0 amide bonds. The van der Waals surface area contributed by atoms with Crippen molar-refractivity contribution in [2.24, 2.45) is 0 Å². The normalized spacial score (nSPS) is 20.3. The zero-order valence-electron chi connectivity index (χ0n) is 12.1. The average molecular weight is 247 g/mol. The molecule has 3 nitrogen and oxygen atoms in total. The fourth-order valence-electron chi connectivity index (χ4n) is 2.88. The zero-order chi connectivity index (χ0) is 13.1. The van der Waals surface area contributed by atoms with E-state index in [9.17, 15) is 0 Å². The molecule has 1 fully saturated rings. The van der Waals surface area contributed by atoms with Crippen LogP contribution < -0.4 is 4.90 Å². The van der Waals surface area contributed by atoms with Gasteiger partial charge in [0.05, 0.1) is 0 Å². The second-order valence-electron chi connectivity index (χ2n) is 5.49. The molecule has 3 heteroatoms. The van der Waals surface area contributed by atoms with E-state index in [1.54, 1.807) is 0 Å². The summed E-state index contributed by atoms with van der Waals surface area (Å²) in [5.74, 6) is 1.05. The van der Waals surface area contributed by atoms with E-state index in [0.717, 1.165) is 5.82 Å². The minimum atomic E-state index is 0.591. The SMILES string of the molecule is CCCN1CCCC1c1cnc(N(C)C)cc1C. The van der Waals surface area contributed by atoms with Crippen LogP contribution in [-0.2, 0) is 0 Å². The van der Waals surface area contributed by atoms with Gasteiger partial charge in [0.1, 0.15) is 5.82 Å². The lowest BCUT2D eigenvalue weighted by Crippen LogP contribution is -2.24. The highest BCUT2D eigenvalue weighted by Crippen LogP contribution is 2.33. The quantitative estimate of drug-likeness (QED) is 0.815. The summed E-state index contributed by atoms with van der Waals surface area (Å²) >= 11 is 0. The van der Waals surface area contributed by atoms with E-state index in [-0.39, 0.29) is 0 Å². The number of nitrogens with zero attached hydrogens (tertiary/aromatic N) is 3. The van der Waals surface area contributed by atoms with Gasteiger partial charge in [0.15, 0.2) is 0 Å². The summed E-state index contributed by atoms with van der Waals surface area (Å²) in [5.41, 5.74) is 2.80. The standard InChI is InChI=1S/C15H25N3/c1-5-8-18-9-6-7-14(18)13-11-16-15(17(3)4)10-12(13)2/h10-11,14H,5-9H2,1-4H3. The van der Waals surface area contributed by atoms with Crippen LogP contribution in [0.2, 0.25) is 0 Å². The highest BCUT2D eigenvalue weighted by atomic mass is 15.2. The molecular formula is C15H25N3. The molecule has 2 heterocycles. The maximum absolute atomic E-state index is 4.58. The number of aryl methyl sites for hydroxylation is 1. The van der Waals surface area contributed by atoms with E-state index in [4.69, 9.17) is 0 Å². The Hall–Kier alpha value is -1.09. The molecule has 1 atom stereocenters. The van der Waals surface area contributed by atoms with Gasteiger partial charge in [-0.25, -0.2) is 4.98 Å². The molecule has 0 bridgehead atoms. The smallest absolute Gasteiger partial charge is 0.128 e. The third-order valence-electron chi connectivity index (χ3n) is 3.83. The number of rotatable bonds is 4. The molecule has 1 aromatic heterocycles. The second kappa shape index (κ2) is 5.70. The van der Waals surface area contributed by atoms with E-state index < -0.39 is 0 Å². The maximum atomic E-state index is 4.58. The van der Waals surface area contributed by atoms with Gasteiger partial charge in [0.2, 0.25) is 0 Å². The first-order chi connectivity index (χ1) is 8.63. The van der Waals surface area contributed by atoms with Crippen LogP contribution in [0.1, 0.15) is 43.4 Å². The predicted molar refractivity (Wildman–Crippen MR) is 77.1 cm³/mol. The molecule has 0 N–H and O–H groups in total. The van der Waals surface area contributed by atoms with Crippen LogP contribution in [-0.4, -0.2) is 37.1 Å². The molecule has 1 saturated heterocycles. The Morgan fingerprint density at radius 1 is 1.44 bits per heavy atom. The van der Waals surface area contributed by atoms with Crippen molar-refractivity contribution in [2.45, 2.75) is 39.2 Å². The van der Waals surface area contributed by atoms with E-state index >= 15 is 0 Å². The van der Waals surface area contributed by atoms with Crippen LogP contribution in [0.3, 0.4) is 0 Å². The third kappa shape index (κ3) is 2.66. The summed E-state index contributed by atoms with van der Waals surface area (Å²) < 4.78 is 0. The largest absolute Gasteiger partial charge is 0.363 e. The first-order valence-electron chi connectivity index (χ1n) is 7.01. The van der Waals surface area contributed by atoms with Crippen molar-refractivity contribution in [3.63, 3.8) is 0 Å². The van der Waals surface area contributed by atoms with Crippen molar-refractivity contribution < 1.29 is 0 Å². The van der Waals surface area contributed by atoms with E-state index in [0.29, 0.717) is 6.04 Å². The van der Waals surface area contributed by atoms with Crippen LogP contribution in [0.15, 0.2) is 12.3 Å². The molecule has 100 valence electrons. The van der Waals surface area contributed by atoms with Crippen molar-refractivity contribution >= 4 is 5.82 Å². The minimum Gasteiger partial charge on any atom is -0.363 e. The van der Waals surface area contributed by atoms with Gasteiger partial charge in [-0.05, 0) is 56.5 Å². The summed E-state index contributed by atoms with van der Waals surface area (Å²) in [5, 5.41) is 0. The number of pyridine rings is 1. The Labute approximate surface area is 111 Å². The van der Waals surface area contributed by atoms with Gasteiger partial charge < -0.3 is 4.90 Å². The van der Waals surface area contributed by atoms with E-state index in [1.807, 2.05) is 14.1 Å². The lowest BCUT2D eigenvalue weighted by atomic mass is 10.0. The van der Waals surface area contributed by atoms with Gasteiger partial charge in [-0.2, -0.15) is 0 Å². The van der Waals surface area contributed by atoms with Crippen molar-refractivity contribution in [3.8, 4) is 0 Å². The molecule has 2 rings (SSSR count). The van der Waals surface area contributed by atoms with E-state index in [2.05, 4.69) is 40.9 Å². The third-order valence-corrected chi connectivity index (χ3v) is 3.83. The second-order valence-corrected chi connectivity index (χ2v) is 5.49.